The Bertz CT molecular complexity index is 642. The van der Waals surface area contributed by atoms with Crippen LogP contribution in [0.4, 0.5) is 19.3 Å². The van der Waals surface area contributed by atoms with Gasteiger partial charge in [-0.25, -0.2) is 18.5 Å². The van der Waals surface area contributed by atoms with Crippen molar-refractivity contribution in [1.82, 2.24) is 9.80 Å². The summed E-state index contributed by atoms with van der Waals surface area (Å²) >= 11 is 0. The number of rotatable bonds is 3. The summed E-state index contributed by atoms with van der Waals surface area (Å²) in [5.74, 6) is -5.27. The molecule has 1 aliphatic heterocycles. The second-order valence-electron chi connectivity index (χ2n) is 4.18. The molecule has 1 aromatic carbocycles. The van der Waals surface area contributed by atoms with Gasteiger partial charge in [-0.1, -0.05) is 6.07 Å². The lowest BCUT2D eigenvalue weighted by molar-refractivity contribution is -0.143. The molecule has 0 spiro atoms. The minimum Gasteiger partial charge on any atom is -0.320 e. The summed E-state index contributed by atoms with van der Waals surface area (Å²) in [7, 11) is 1.08. The summed E-state index contributed by atoms with van der Waals surface area (Å²) < 4.78 is 26.7. The zero-order valence-electron chi connectivity index (χ0n) is 10.7. The minimum atomic E-state index is -1.17. The fraction of sp³-hybridized carbons (Fsp3) is 0.167. The van der Waals surface area contributed by atoms with Gasteiger partial charge < -0.3 is 5.32 Å². The molecular weight excluding hydrogens is 288 g/mol. The molecule has 9 heteroatoms. The number of carbonyl (C=O) groups is 4. The number of nitrogens with zero attached hydrogens (tertiary/aromatic N) is 2. The lowest BCUT2D eigenvalue weighted by Gasteiger charge is -2.13. The summed E-state index contributed by atoms with van der Waals surface area (Å²) in [5.41, 5.74) is -0.693. The molecule has 0 bridgehead atoms. The van der Waals surface area contributed by atoms with E-state index in [1.807, 2.05) is 5.32 Å². The fourth-order valence-electron chi connectivity index (χ4n) is 1.69. The first-order valence-corrected chi connectivity index (χ1v) is 5.70. The maximum Gasteiger partial charge on any atom is 0.334 e. The molecule has 0 aliphatic carbocycles. The van der Waals surface area contributed by atoms with Gasteiger partial charge in [0.2, 0.25) is 5.91 Å². The van der Waals surface area contributed by atoms with Gasteiger partial charge in [-0.3, -0.25) is 19.3 Å². The van der Waals surface area contributed by atoms with Gasteiger partial charge in [-0.2, -0.15) is 0 Å². The zero-order chi connectivity index (χ0) is 15.7. The second-order valence-corrected chi connectivity index (χ2v) is 4.18. The van der Waals surface area contributed by atoms with E-state index in [-0.39, 0.29) is 0 Å². The van der Waals surface area contributed by atoms with Crippen LogP contribution in [0.5, 0.6) is 0 Å². The third kappa shape index (κ3) is 2.57. The molecular formula is C12H9F2N3O4. The van der Waals surface area contributed by atoms with E-state index in [2.05, 4.69) is 0 Å². The molecule has 0 saturated carbocycles. The standard InChI is InChI=1S/C12H9F2N3O4/c1-16-10(19)11(20)17(12(16)21)5-8(18)15-9-6(13)3-2-4-7(9)14/h2-4H,5H2,1H3,(H,15,18). The predicted molar refractivity (Wildman–Crippen MR) is 64.9 cm³/mol. The van der Waals surface area contributed by atoms with E-state index < -0.39 is 47.6 Å². The summed E-state index contributed by atoms with van der Waals surface area (Å²) in [4.78, 5) is 46.8. The zero-order valence-corrected chi connectivity index (χ0v) is 10.7. The molecule has 0 atom stereocenters. The van der Waals surface area contributed by atoms with Gasteiger partial charge in [0.25, 0.3) is 0 Å². The minimum absolute atomic E-state index is 0.385. The number of amides is 5. The van der Waals surface area contributed by atoms with E-state index in [1.54, 1.807) is 0 Å². The van der Waals surface area contributed by atoms with Crippen molar-refractivity contribution in [2.24, 2.45) is 0 Å². The molecule has 0 unspecified atom stereocenters. The van der Waals surface area contributed by atoms with E-state index in [1.165, 1.54) is 0 Å². The Labute approximate surface area is 117 Å². The number of nitrogens with one attached hydrogen (secondary N) is 1. The summed E-state index contributed by atoms with van der Waals surface area (Å²) in [6.07, 6.45) is 0. The fourth-order valence-corrected chi connectivity index (χ4v) is 1.69. The Morgan fingerprint density at radius 3 is 2.19 bits per heavy atom. The molecule has 1 fully saturated rings. The number of anilines is 1. The normalized spacial score (nSPS) is 14.9. The third-order valence-electron chi connectivity index (χ3n) is 2.78. The van der Waals surface area contributed by atoms with Crippen LogP contribution in [0.1, 0.15) is 0 Å². The topological polar surface area (TPSA) is 86.8 Å². The molecule has 1 aliphatic rings. The Balaban J connectivity index is 2.11. The van der Waals surface area contributed by atoms with Gasteiger partial charge in [-0.05, 0) is 12.1 Å². The SMILES string of the molecule is CN1C(=O)C(=O)N(CC(=O)Nc2c(F)cccc2F)C1=O. The Morgan fingerprint density at radius 1 is 1.14 bits per heavy atom. The van der Waals surface area contributed by atoms with Crippen molar-refractivity contribution in [2.45, 2.75) is 0 Å². The van der Waals surface area contributed by atoms with Crippen molar-refractivity contribution >= 4 is 29.4 Å². The molecule has 110 valence electrons. The molecule has 1 saturated heterocycles. The molecule has 1 heterocycles. The van der Waals surface area contributed by atoms with Gasteiger partial charge >= 0.3 is 17.8 Å². The molecule has 5 amide bonds. The Kier molecular flexibility index (Phi) is 3.66. The first-order valence-electron chi connectivity index (χ1n) is 5.70. The first-order chi connectivity index (χ1) is 9.82. The van der Waals surface area contributed by atoms with Crippen LogP contribution < -0.4 is 5.32 Å². The van der Waals surface area contributed by atoms with Gasteiger partial charge in [0.1, 0.15) is 23.9 Å². The van der Waals surface area contributed by atoms with Crippen LogP contribution in [-0.2, 0) is 14.4 Å². The Hall–Kier alpha value is -2.84. The number of benzene rings is 1. The maximum absolute atomic E-state index is 13.3. The summed E-state index contributed by atoms with van der Waals surface area (Å²) in [5, 5.41) is 1.91. The van der Waals surface area contributed by atoms with E-state index in [0.717, 1.165) is 25.2 Å². The molecule has 1 aromatic rings. The highest BCUT2D eigenvalue weighted by molar-refractivity contribution is 6.44. The van der Waals surface area contributed by atoms with Crippen molar-refractivity contribution in [3.63, 3.8) is 0 Å². The number of urea groups is 1. The van der Waals surface area contributed by atoms with E-state index >= 15 is 0 Å². The van der Waals surface area contributed by atoms with E-state index in [4.69, 9.17) is 0 Å². The summed E-state index contributed by atoms with van der Waals surface area (Å²) in [6, 6.07) is 2.00. The predicted octanol–water partition coefficient (Wildman–Crippen LogP) is 0.324. The largest absolute Gasteiger partial charge is 0.334 e. The number of hydrogen-bond acceptors (Lipinski definition) is 4. The number of hydrogen-bond donors (Lipinski definition) is 1. The molecule has 7 nitrogen and oxygen atoms in total. The highest BCUT2D eigenvalue weighted by atomic mass is 19.1. The van der Waals surface area contributed by atoms with Gasteiger partial charge in [0.05, 0.1) is 0 Å². The third-order valence-corrected chi connectivity index (χ3v) is 2.78. The van der Waals surface area contributed by atoms with Crippen molar-refractivity contribution in [1.29, 1.82) is 0 Å². The second kappa shape index (κ2) is 5.27. The molecule has 0 aromatic heterocycles. The monoisotopic (exact) mass is 297 g/mol. The first kappa shape index (κ1) is 14.6. The highest BCUT2D eigenvalue weighted by Gasteiger charge is 2.43. The number of likely N-dealkylation sites (N-methyl/N-ethyl adjacent to an activating group) is 1. The van der Waals surface area contributed by atoms with Crippen LogP contribution >= 0.6 is 0 Å². The average molecular weight is 297 g/mol. The number of halogens is 2. The van der Waals surface area contributed by atoms with Gasteiger partial charge in [0, 0.05) is 7.05 Å². The molecule has 21 heavy (non-hydrogen) atoms. The summed E-state index contributed by atoms with van der Waals surface area (Å²) in [6.45, 7) is -0.818. The van der Waals surface area contributed by atoms with Crippen LogP contribution in [0.2, 0.25) is 0 Å². The van der Waals surface area contributed by atoms with Crippen LogP contribution in [0.3, 0.4) is 0 Å². The van der Waals surface area contributed by atoms with Crippen molar-refractivity contribution in [2.75, 3.05) is 18.9 Å². The molecule has 0 radical (unpaired) electrons. The average Bonchev–Trinajstić information content (AvgIpc) is 2.61. The van der Waals surface area contributed by atoms with Crippen LogP contribution in [0.25, 0.3) is 0 Å². The van der Waals surface area contributed by atoms with Crippen LogP contribution in [0, 0.1) is 11.6 Å². The quantitative estimate of drug-likeness (QED) is 0.643. The highest BCUT2D eigenvalue weighted by Crippen LogP contribution is 2.18. The van der Waals surface area contributed by atoms with Crippen molar-refractivity contribution in [3.8, 4) is 0 Å². The van der Waals surface area contributed by atoms with Crippen LogP contribution in [-0.4, -0.2) is 47.1 Å². The van der Waals surface area contributed by atoms with Crippen molar-refractivity contribution < 1.29 is 28.0 Å². The van der Waals surface area contributed by atoms with Gasteiger partial charge in [0.15, 0.2) is 0 Å². The van der Waals surface area contributed by atoms with Crippen molar-refractivity contribution in [3.05, 3.63) is 29.8 Å². The number of para-hydroxylation sites is 1. The van der Waals surface area contributed by atoms with E-state index in [9.17, 15) is 28.0 Å². The molecule has 2 rings (SSSR count). The number of carbonyl (C=O) groups excluding carboxylic acids is 4. The molecule has 1 N–H and O–H groups in total. The lowest BCUT2D eigenvalue weighted by Crippen LogP contribution is -2.38. The van der Waals surface area contributed by atoms with Crippen LogP contribution in [0.15, 0.2) is 18.2 Å². The van der Waals surface area contributed by atoms with Gasteiger partial charge in [-0.15, -0.1) is 0 Å². The maximum atomic E-state index is 13.3. The number of imide groups is 2. The smallest absolute Gasteiger partial charge is 0.320 e. The van der Waals surface area contributed by atoms with E-state index in [0.29, 0.717) is 9.80 Å². The lowest BCUT2D eigenvalue weighted by atomic mass is 10.3. The Morgan fingerprint density at radius 2 is 1.71 bits per heavy atom.